The van der Waals surface area contributed by atoms with Crippen molar-refractivity contribution in [1.82, 2.24) is 15.1 Å². The first-order valence-corrected chi connectivity index (χ1v) is 11.5. The Bertz CT molecular complexity index is 1070. The number of methoxy groups -OCH3 is 1. The van der Waals surface area contributed by atoms with Crippen LogP contribution in [0.25, 0.3) is 0 Å². The molecule has 0 aliphatic carbocycles. The van der Waals surface area contributed by atoms with Crippen molar-refractivity contribution >= 4 is 5.91 Å². The molecule has 1 saturated heterocycles. The van der Waals surface area contributed by atoms with Gasteiger partial charge in [0, 0.05) is 31.1 Å². The lowest BCUT2D eigenvalue weighted by atomic mass is 9.83. The summed E-state index contributed by atoms with van der Waals surface area (Å²) < 4.78 is 11.0. The van der Waals surface area contributed by atoms with Gasteiger partial charge in [0.2, 0.25) is 5.91 Å². The van der Waals surface area contributed by atoms with Gasteiger partial charge in [-0.2, -0.15) is 5.10 Å². The smallest absolute Gasteiger partial charge is 0.232 e. The van der Waals surface area contributed by atoms with Gasteiger partial charge in [-0.05, 0) is 63.1 Å². The Morgan fingerprint density at radius 3 is 2.52 bits per heavy atom. The van der Waals surface area contributed by atoms with Gasteiger partial charge in [-0.25, -0.2) is 0 Å². The van der Waals surface area contributed by atoms with E-state index in [0.29, 0.717) is 13.2 Å². The molecule has 1 aromatic heterocycles. The molecular weight excluding hydrogens is 414 g/mol. The van der Waals surface area contributed by atoms with Gasteiger partial charge in [0.05, 0.1) is 24.8 Å². The predicted octanol–water partition coefficient (Wildman–Crippen LogP) is 4.64. The van der Waals surface area contributed by atoms with Crippen LogP contribution < -0.4 is 9.47 Å². The van der Waals surface area contributed by atoms with Crippen LogP contribution in [0.5, 0.6) is 11.5 Å². The Balaban J connectivity index is 1.31. The molecule has 33 heavy (non-hydrogen) atoms. The average Bonchev–Trinajstić information content (AvgIpc) is 3.49. The van der Waals surface area contributed by atoms with Crippen LogP contribution in [-0.4, -0.2) is 47.8 Å². The van der Waals surface area contributed by atoms with Crippen molar-refractivity contribution in [3.63, 3.8) is 0 Å². The molecule has 2 aromatic carbocycles. The fraction of sp³-hybridized carbons (Fsp3) is 0.407. The van der Waals surface area contributed by atoms with Crippen LogP contribution in [0.4, 0.5) is 0 Å². The lowest BCUT2D eigenvalue weighted by Gasteiger charge is -2.30. The molecule has 3 aromatic rings. The van der Waals surface area contributed by atoms with E-state index in [4.69, 9.17) is 9.47 Å². The van der Waals surface area contributed by atoms with E-state index in [1.54, 1.807) is 7.11 Å². The monoisotopic (exact) mass is 447 g/mol. The van der Waals surface area contributed by atoms with Gasteiger partial charge >= 0.3 is 0 Å². The number of likely N-dealkylation sites (tertiary alicyclic amines) is 1. The first-order chi connectivity index (χ1) is 15.9. The number of carbonyl (C=O) groups is 1. The maximum atomic E-state index is 13.3. The van der Waals surface area contributed by atoms with Crippen LogP contribution >= 0.6 is 0 Å². The fourth-order valence-electron chi connectivity index (χ4n) is 4.34. The van der Waals surface area contributed by atoms with Gasteiger partial charge < -0.3 is 14.4 Å². The van der Waals surface area contributed by atoms with Crippen LogP contribution in [0.1, 0.15) is 48.7 Å². The summed E-state index contributed by atoms with van der Waals surface area (Å²) >= 11 is 0. The van der Waals surface area contributed by atoms with E-state index >= 15 is 0 Å². The lowest BCUT2D eigenvalue weighted by molar-refractivity contribution is -0.135. The molecule has 0 bridgehead atoms. The van der Waals surface area contributed by atoms with E-state index < -0.39 is 5.41 Å². The van der Waals surface area contributed by atoms with Crippen LogP contribution in [-0.2, 0) is 16.6 Å². The summed E-state index contributed by atoms with van der Waals surface area (Å²) in [5.74, 6) is 2.07. The zero-order valence-corrected chi connectivity index (χ0v) is 19.9. The van der Waals surface area contributed by atoms with Gasteiger partial charge in [-0.1, -0.05) is 29.8 Å². The molecule has 0 unspecified atom stereocenters. The van der Waals surface area contributed by atoms with E-state index in [1.807, 2.05) is 43.0 Å². The Morgan fingerprint density at radius 1 is 1.12 bits per heavy atom. The number of amides is 1. The maximum Gasteiger partial charge on any atom is 0.232 e. The molecule has 0 spiro atoms. The van der Waals surface area contributed by atoms with E-state index in [-0.39, 0.29) is 11.8 Å². The van der Waals surface area contributed by atoms with Crippen molar-refractivity contribution in [1.29, 1.82) is 0 Å². The number of aryl methyl sites for hydroxylation is 1. The normalized spacial score (nSPS) is 16.1. The third-order valence-corrected chi connectivity index (χ3v) is 6.55. The quantitative estimate of drug-likeness (QED) is 0.546. The van der Waals surface area contributed by atoms with Gasteiger partial charge in [0.25, 0.3) is 0 Å². The van der Waals surface area contributed by atoms with Gasteiger partial charge in [-0.15, -0.1) is 0 Å². The minimum atomic E-state index is -0.544. The zero-order chi connectivity index (χ0) is 23.4. The molecule has 174 valence electrons. The number of aromatic amines is 1. The number of carbonyl (C=O) groups excluding carboxylic acids is 1. The standard InChI is InChI=1S/C27H33N3O3/c1-19-5-7-21(8-6-19)27(2,3)26(31)30-15-13-20(18-30)25-17-22(28-29-25)14-16-33-24-11-9-23(32-4)10-12-24/h5-12,17,20H,13-16,18H2,1-4H3,(H,28,29)/t20-/m0/s1. The first-order valence-electron chi connectivity index (χ1n) is 11.5. The summed E-state index contributed by atoms with van der Waals surface area (Å²) in [6, 6.07) is 18.0. The highest BCUT2D eigenvalue weighted by Gasteiger charge is 2.37. The van der Waals surface area contributed by atoms with Crippen LogP contribution in [0.2, 0.25) is 0 Å². The van der Waals surface area contributed by atoms with E-state index in [0.717, 1.165) is 47.8 Å². The summed E-state index contributed by atoms with van der Waals surface area (Å²) in [6.07, 6.45) is 1.68. The third-order valence-electron chi connectivity index (χ3n) is 6.55. The fourth-order valence-corrected chi connectivity index (χ4v) is 4.34. The van der Waals surface area contributed by atoms with Crippen LogP contribution in [0, 0.1) is 6.92 Å². The van der Waals surface area contributed by atoms with Crippen molar-refractivity contribution in [3.05, 3.63) is 77.1 Å². The lowest BCUT2D eigenvalue weighted by Crippen LogP contribution is -2.42. The molecule has 1 fully saturated rings. The number of nitrogens with zero attached hydrogens (tertiary/aromatic N) is 2. The third kappa shape index (κ3) is 5.21. The highest BCUT2D eigenvalue weighted by molar-refractivity contribution is 5.87. The van der Waals surface area contributed by atoms with Crippen molar-refractivity contribution in [2.45, 2.75) is 44.9 Å². The number of ether oxygens (including phenoxy) is 2. The zero-order valence-electron chi connectivity index (χ0n) is 19.9. The molecule has 1 N–H and O–H groups in total. The van der Waals surface area contributed by atoms with Crippen molar-refractivity contribution < 1.29 is 14.3 Å². The highest BCUT2D eigenvalue weighted by Crippen LogP contribution is 2.32. The number of H-pyrrole nitrogens is 1. The summed E-state index contributed by atoms with van der Waals surface area (Å²) in [5.41, 5.74) is 3.78. The molecule has 0 radical (unpaired) electrons. The van der Waals surface area contributed by atoms with E-state index in [9.17, 15) is 4.79 Å². The van der Waals surface area contributed by atoms with Crippen LogP contribution in [0.3, 0.4) is 0 Å². The second kappa shape index (κ2) is 9.69. The van der Waals surface area contributed by atoms with E-state index in [1.165, 1.54) is 5.56 Å². The second-order valence-corrected chi connectivity index (χ2v) is 9.32. The molecule has 2 heterocycles. The number of nitrogens with one attached hydrogen (secondary N) is 1. The molecule has 6 heteroatoms. The molecule has 1 atom stereocenters. The average molecular weight is 448 g/mol. The molecule has 1 aliphatic rings. The Morgan fingerprint density at radius 2 is 1.82 bits per heavy atom. The topological polar surface area (TPSA) is 67.5 Å². The van der Waals surface area contributed by atoms with Gasteiger partial charge in [-0.3, -0.25) is 9.89 Å². The summed E-state index contributed by atoms with van der Waals surface area (Å²) in [6.45, 7) is 8.13. The van der Waals surface area contributed by atoms with Gasteiger partial charge in [0.1, 0.15) is 11.5 Å². The Hall–Kier alpha value is -3.28. The summed E-state index contributed by atoms with van der Waals surface area (Å²) in [7, 11) is 1.65. The SMILES string of the molecule is COc1ccc(OCCc2cc([C@H]3CCN(C(=O)C(C)(C)c4ccc(C)cc4)C3)n[nH]2)cc1. The largest absolute Gasteiger partial charge is 0.497 e. The molecular formula is C27H33N3O3. The molecule has 1 amide bonds. The number of rotatable bonds is 8. The van der Waals surface area contributed by atoms with Crippen molar-refractivity contribution in [2.24, 2.45) is 0 Å². The number of aromatic nitrogens is 2. The Labute approximate surface area is 195 Å². The van der Waals surface area contributed by atoms with Crippen LogP contribution in [0.15, 0.2) is 54.6 Å². The number of hydrogen-bond donors (Lipinski definition) is 1. The highest BCUT2D eigenvalue weighted by atomic mass is 16.5. The molecule has 1 aliphatic heterocycles. The van der Waals surface area contributed by atoms with Crippen molar-refractivity contribution in [3.8, 4) is 11.5 Å². The van der Waals surface area contributed by atoms with Gasteiger partial charge in [0.15, 0.2) is 0 Å². The van der Waals surface area contributed by atoms with Crippen molar-refractivity contribution in [2.75, 3.05) is 26.8 Å². The number of benzene rings is 2. The predicted molar refractivity (Wildman–Crippen MR) is 129 cm³/mol. The number of hydrogen-bond acceptors (Lipinski definition) is 4. The summed E-state index contributed by atoms with van der Waals surface area (Å²) in [5, 5.41) is 7.67. The first kappa shape index (κ1) is 22.9. The Kier molecular flexibility index (Phi) is 6.72. The molecule has 0 saturated carbocycles. The second-order valence-electron chi connectivity index (χ2n) is 9.32. The minimum absolute atomic E-state index is 0.178. The molecule has 4 rings (SSSR count). The summed E-state index contributed by atoms with van der Waals surface area (Å²) in [4.78, 5) is 15.3. The maximum absolute atomic E-state index is 13.3. The van der Waals surface area contributed by atoms with E-state index in [2.05, 4.69) is 47.5 Å². The molecule has 6 nitrogen and oxygen atoms in total. The minimum Gasteiger partial charge on any atom is -0.497 e.